The predicted molar refractivity (Wildman–Crippen MR) is 80.6 cm³/mol. The Labute approximate surface area is 121 Å². The van der Waals surface area contributed by atoms with Gasteiger partial charge in [-0.15, -0.1) is 0 Å². The molecule has 21 heavy (non-hydrogen) atoms. The first-order chi connectivity index (χ1) is 10.4. The third-order valence-corrected chi connectivity index (χ3v) is 3.63. The van der Waals surface area contributed by atoms with Crippen LogP contribution in [0.1, 0.15) is 17.7 Å². The second-order valence-corrected chi connectivity index (χ2v) is 4.96. The van der Waals surface area contributed by atoms with Gasteiger partial charge in [0.05, 0.1) is 24.8 Å². The largest absolute Gasteiger partial charge is 0.493 e. The Morgan fingerprint density at radius 3 is 3.00 bits per heavy atom. The van der Waals surface area contributed by atoms with Gasteiger partial charge in [-0.05, 0) is 29.3 Å². The predicted octanol–water partition coefficient (Wildman–Crippen LogP) is 3.12. The van der Waals surface area contributed by atoms with Gasteiger partial charge in [-0.3, -0.25) is 5.10 Å². The lowest BCUT2D eigenvalue weighted by atomic mass is 9.95. The van der Waals surface area contributed by atoms with E-state index in [1.165, 1.54) is 5.57 Å². The van der Waals surface area contributed by atoms with Crippen molar-refractivity contribution in [3.63, 3.8) is 0 Å². The highest BCUT2D eigenvalue weighted by Gasteiger charge is 2.16. The summed E-state index contributed by atoms with van der Waals surface area (Å²) in [4.78, 5) is 7.25. The molecule has 1 aromatic carbocycles. The van der Waals surface area contributed by atoms with Gasteiger partial charge in [0.2, 0.25) is 0 Å². The van der Waals surface area contributed by atoms with Crippen LogP contribution < -0.4 is 4.74 Å². The number of hydrogen-bond donors (Lipinski definition) is 2. The van der Waals surface area contributed by atoms with Crippen molar-refractivity contribution in [3.8, 4) is 16.9 Å². The number of hydrogen-bond acceptors (Lipinski definition) is 3. The van der Waals surface area contributed by atoms with Crippen molar-refractivity contribution in [1.82, 2.24) is 20.2 Å². The van der Waals surface area contributed by atoms with Crippen molar-refractivity contribution in [1.29, 1.82) is 0 Å². The average Bonchev–Trinajstić information content (AvgIpc) is 3.21. The summed E-state index contributed by atoms with van der Waals surface area (Å²) < 4.78 is 5.75. The van der Waals surface area contributed by atoms with Crippen LogP contribution in [0.4, 0.5) is 0 Å². The zero-order valence-electron chi connectivity index (χ0n) is 11.3. The first kappa shape index (κ1) is 12.0. The fraction of sp³-hybridized carbons (Fsp3) is 0.125. The summed E-state index contributed by atoms with van der Waals surface area (Å²) >= 11 is 0. The monoisotopic (exact) mass is 278 g/mol. The molecule has 5 nitrogen and oxygen atoms in total. The lowest BCUT2D eigenvalue weighted by Gasteiger charge is -2.20. The van der Waals surface area contributed by atoms with E-state index in [9.17, 15) is 0 Å². The Hall–Kier alpha value is -2.82. The molecule has 0 aliphatic carbocycles. The number of imidazole rings is 1. The van der Waals surface area contributed by atoms with Crippen molar-refractivity contribution in [2.75, 3.05) is 6.61 Å². The fourth-order valence-corrected chi connectivity index (χ4v) is 2.58. The van der Waals surface area contributed by atoms with Crippen LogP contribution in [-0.2, 0) is 0 Å². The van der Waals surface area contributed by atoms with Crippen LogP contribution in [0.25, 0.3) is 22.8 Å². The average molecular weight is 278 g/mol. The molecule has 0 atom stereocenters. The van der Waals surface area contributed by atoms with Crippen LogP contribution in [0.5, 0.6) is 5.75 Å². The zero-order valence-corrected chi connectivity index (χ0v) is 11.3. The highest BCUT2D eigenvalue weighted by Crippen LogP contribution is 2.36. The van der Waals surface area contributed by atoms with Gasteiger partial charge < -0.3 is 9.72 Å². The van der Waals surface area contributed by atoms with Gasteiger partial charge in [-0.25, -0.2) is 4.98 Å². The van der Waals surface area contributed by atoms with Gasteiger partial charge in [0, 0.05) is 29.9 Å². The van der Waals surface area contributed by atoms with E-state index in [-0.39, 0.29) is 0 Å². The standard InChI is InChI=1S/C16H14N4O/c1-2-16-15(6-11(1)13-7-19-20-8-13)12(3-4-21-16)5-14-9-17-10-18-14/h1-2,5-10H,3-4H2,(H,17,18)(H,19,20)/b12-5+. The SMILES string of the molecule is C(=C1/CCOc2ccc(-c3cn[nH]c3)cc21)/c1c[nH]cn1. The Morgan fingerprint density at radius 2 is 2.19 bits per heavy atom. The lowest BCUT2D eigenvalue weighted by molar-refractivity contribution is 0.317. The van der Waals surface area contributed by atoms with Crippen LogP contribution in [0.15, 0.2) is 43.1 Å². The summed E-state index contributed by atoms with van der Waals surface area (Å²) in [5.74, 6) is 0.926. The number of aromatic amines is 2. The smallest absolute Gasteiger partial charge is 0.126 e. The normalized spacial score (nSPS) is 15.7. The molecule has 0 unspecified atom stereocenters. The fourth-order valence-electron chi connectivity index (χ4n) is 2.58. The summed E-state index contributed by atoms with van der Waals surface area (Å²) in [5, 5.41) is 6.85. The van der Waals surface area contributed by atoms with E-state index in [4.69, 9.17) is 4.74 Å². The number of nitrogens with zero attached hydrogens (tertiary/aromatic N) is 2. The summed E-state index contributed by atoms with van der Waals surface area (Å²) in [7, 11) is 0. The van der Waals surface area contributed by atoms with Gasteiger partial charge in [-0.2, -0.15) is 5.10 Å². The maximum Gasteiger partial charge on any atom is 0.126 e. The molecule has 5 heteroatoms. The molecule has 3 heterocycles. The molecule has 0 amide bonds. The molecule has 0 saturated carbocycles. The first-order valence-electron chi connectivity index (χ1n) is 6.86. The molecule has 0 bridgehead atoms. The van der Waals surface area contributed by atoms with E-state index in [2.05, 4.69) is 38.4 Å². The van der Waals surface area contributed by atoms with Crippen molar-refractivity contribution in [3.05, 3.63) is 54.4 Å². The van der Waals surface area contributed by atoms with E-state index in [1.54, 1.807) is 6.33 Å². The summed E-state index contributed by atoms with van der Waals surface area (Å²) in [6, 6.07) is 6.23. The molecule has 2 N–H and O–H groups in total. The molecule has 0 fully saturated rings. The number of nitrogens with one attached hydrogen (secondary N) is 2. The third kappa shape index (κ3) is 2.23. The summed E-state index contributed by atoms with van der Waals surface area (Å²) in [6.45, 7) is 0.703. The zero-order chi connectivity index (χ0) is 14.1. The lowest BCUT2D eigenvalue weighted by Crippen LogP contribution is -2.07. The van der Waals surface area contributed by atoms with Gasteiger partial charge in [0.1, 0.15) is 5.75 Å². The van der Waals surface area contributed by atoms with Crippen LogP contribution >= 0.6 is 0 Å². The minimum Gasteiger partial charge on any atom is -0.493 e. The molecule has 0 radical (unpaired) electrons. The van der Waals surface area contributed by atoms with E-state index >= 15 is 0 Å². The van der Waals surface area contributed by atoms with E-state index in [0.717, 1.165) is 34.6 Å². The second kappa shape index (κ2) is 4.94. The van der Waals surface area contributed by atoms with E-state index < -0.39 is 0 Å². The van der Waals surface area contributed by atoms with Gasteiger partial charge in [0.15, 0.2) is 0 Å². The maximum atomic E-state index is 5.75. The molecule has 2 aromatic heterocycles. The first-order valence-corrected chi connectivity index (χ1v) is 6.86. The van der Waals surface area contributed by atoms with E-state index in [1.807, 2.05) is 24.7 Å². The topological polar surface area (TPSA) is 66.6 Å². The molecule has 1 aliphatic rings. The van der Waals surface area contributed by atoms with E-state index in [0.29, 0.717) is 6.61 Å². The molecule has 104 valence electrons. The minimum atomic E-state index is 0.703. The third-order valence-electron chi connectivity index (χ3n) is 3.63. The number of benzene rings is 1. The second-order valence-electron chi connectivity index (χ2n) is 4.96. The number of rotatable bonds is 2. The summed E-state index contributed by atoms with van der Waals surface area (Å²) in [6.07, 6.45) is 10.3. The molecule has 1 aliphatic heterocycles. The Morgan fingerprint density at radius 1 is 1.19 bits per heavy atom. The van der Waals surface area contributed by atoms with Crippen molar-refractivity contribution in [2.24, 2.45) is 0 Å². The Kier molecular flexibility index (Phi) is 2.81. The van der Waals surface area contributed by atoms with Gasteiger partial charge in [0.25, 0.3) is 0 Å². The molecular formula is C16H14N4O. The van der Waals surface area contributed by atoms with Gasteiger partial charge in [-0.1, -0.05) is 6.07 Å². The number of ether oxygens (including phenoxy) is 1. The van der Waals surface area contributed by atoms with Crippen LogP contribution in [0, 0.1) is 0 Å². The molecule has 3 aromatic rings. The van der Waals surface area contributed by atoms with Crippen LogP contribution in [0.2, 0.25) is 0 Å². The molecular weight excluding hydrogens is 264 g/mol. The number of fused-ring (bicyclic) bond motifs is 1. The van der Waals surface area contributed by atoms with Crippen LogP contribution in [-0.4, -0.2) is 26.8 Å². The van der Waals surface area contributed by atoms with Crippen molar-refractivity contribution in [2.45, 2.75) is 6.42 Å². The number of aromatic nitrogens is 4. The molecule has 0 spiro atoms. The minimum absolute atomic E-state index is 0.703. The molecule has 4 rings (SSSR count). The molecule has 0 saturated heterocycles. The Bertz CT molecular complexity index is 773. The van der Waals surface area contributed by atoms with Crippen molar-refractivity contribution >= 4 is 11.6 Å². The van der Waals surface area contributed by atoms with Gasteiger partial charge >= 0.3 is 0 Å². The Balaban J connectivity index is 1.80. The highest BCUT2D eigenvalue weighted by atomic mass is 16.5. The highest BCUT2D eigenvalue weighted by molar-refractivity contribution is 5.86. The quantitative estimate of drug-likeness (QED) is 0.757. The summed E-state index contributed by atoms with van der Waals surface area (Å²) in [5.41, 5.74) is 5.51. The number of H-pyrrole nitrogens is 2. The van der Waals surface area contributed by atoms with Crippen LogP contribution in [0.3, 0.4) is 0 Å². The maximum absolute atomic E-state index is 5.75. The van der Waals surface area contributed by atoms with Crippen molar-refractivity contribution < 1.29 is 4.74 Å².